The lowest BCUT2D eigenvalue weighted by molar-refractivity contribution is -0.122. The lowest BCUT2D eigenvalue weighted by Gasteiger charge is -2.11. The maximum absolute atomic E-state index is 12.1. The number of carbonyl (C=O) groups excluding carboxylic acids is 1. The molecule has 1 heterocycles. The van der Waals surface area contributed by atoms with Gasteiger partial charge in [0, 0.05) is 6.54 Å². The minimum Gasteiger partial charge on any atom is -0.504 e. The first-order chi connectivity index (χ1) is 9.02. The Bertz CT molecular complexity index is 569. The van der Waals surface area contributed by atoms with E-state index in [1.807, 2.05) is 6.92 Å². The molecule has 0 saturated carbocycles. The molecule has 100 valence electrons. The van der Waals surface area contributed by atoms with Crippen LogP contribution >= 0.6 is 24.0 Å². The van der Waals surface area contributed by atoms with Crippen LogP contribution in [0.2, 0.25) is 0 Å². The second-order valence-electron chi connectivity index (χ2n) is 4.08. The van der Waals surface area contributed by atoms with E-state index in [0.717, 1.165) is 6.42 Å². The molecule has 0 spiro atoms. The highest BCUT2D eigenvalue weighted by Crippen LogP contribution is 2.34. The van der Waals surface area contributed by atoms with Gasteiger partial charge in [0.25, 0.3) is 5.91 Å². The molecular weight excluding hydrogens is 282 g/mol. The van der Waals surface area contributed by atoms with Gasteiger partial charge >= 0.3 is 0 Å². The van der Waals surface area contributed by atoms with E-state index in [1.54, 1.807) is 17.0 Å². The van der Waals surface area contributed by atoms with E-state index in [1.165, 1.54) is 23.9 Å². The maximum Gasteiger partial charge on any atom is 0.266 e. The summed E-state index contributed by atoms with van der Waals surface area (Å²) in [6.07, 6.45) is 2.51. The van der Waals surface area contributed by atoms with Crippen LogP contribution in [0.15, 0.2) is 23.1 Å². The lowest BCUT2D eigenvalue weighted by Crippen LogP contribution is -2.28. The molecule has 19 heavy (non-hydrogen) atoms. The number of amides is 1. The average molecular weight is 295 g/mol. The van der Waals surface area contributed by atoms with Gasteiger partial charge in [0.15, 0.2) is 11.5 Å². The van der Waals surface area contributed by atoms with Crippen molar-refractivity contribution < 1.29 is 15.0 Å². The number of phenols is 2. The Morgan fingerprint density at radius 3 is 2.74 bits per heavy atom. The molecule has 4 nitrogen and oxygen atoms in total. The van der Waals surface area contributed by atoms with Gasteiger partial charge in [-0.1, -0.05) is 37.0 Å². The standard InChI is InChI=1S/C13H13NO3S2/c1-2-5-14-12(17)11(19-13(14)18)7-8-3-4-9(15)10(16)6-8/h3-4,6-7,15-16H,2,5H2,1H3/b11-7+. The smallest absolute Gasteiger partial charge is 0.266 e. The number of rotatable bonds is 3. The first-order valence-electron chi connectivity index (χ1n) is 5.80. The van der Waals surface area contributed by atoms with Crippen molar-refractivity contribution >= 4 is 40.3 Å². The third kappa shape index (κ3) is 2.90. The van der Waals surface area contributed by atoms with Crippen LogP contribution in [0, 0.1) is 0 Å². The first kappa shape index (κ1) is 13.9. The van der Waals surface area contributed by atoms with Crippen LogP contribution in [0.25, 0.3) is 6.08 Å². The van der Waals surface area contributed by atoms with Crippen molar-refractivity contribution in [2.75, 3.05) is 6.54 Å². The van der Waals surface area contributed by atoms with Gasteiger partial charge < -0.3 is 10.2 Å². The van der Waals surface area contributed by atoms with Crippen molar-refractivity contribution in [2.24, 2.45) is 0 Å². The number of thiocarbonyl (C=S) groups is 1. The Balaban J connectivity index is 2.27. The summed E-state index contributed by atoms with van der Waals surface area (Å²) >= 11 is 6.41. The number of benzene rings is 1. The zero-order valence-corrected chi connectivity index (χ0v) is 11.9. The Kier molecular flexibility index (Phi) is 4.11. The second kappa shape index (κ2) is 5.63. The van der Waals surface area contributed by atoms with Crippen molar-refractivity contribution in [3.8, 4) is 11.5 Å². The molecule has 1 fully saturated rings. The Morgan fingerprint density at radius 1 is 1.37 bits per heavy atom. The zero-order valence-electron chi connectivity index (χ0n) is 10.3. The highest BCUT2D eigenvalue weighted by Gasteiger charge is 2.31. The summed E-state index contributed by atoms with van der Waals surface area (Å²) in [5.74, 6) is -0.502. The molecule has 1 aliphatic heterocycles. The predicted octanol–water partition coefficient (Wildman–Crippen LogP) is 2.71. The SMILES string of the molecule is CCCN1C(=O)/C(=C\c2ccc(O)c(O)c2)SC1=S. The van der Waals surface area contributed by atoms with Crippen molar-refractivity contribution in [3.05, 3.63) is 28.7 Å². The molecule has 1 saturated heterocycles. The highest BCUT2D eigenvalue weighted by atomic mass is 32.2. The monoisotopic (exact) mass is 295 g/mol. The van der Waals surface area contributed by atoms with Crippen molar-refractivity contribution in [1.82, 2.24) is 4.90 Å². The first-order valence-corrected chi connectivity index (χ1v) is 7.02. The summed E-state index contributed by atoms with van der Waals surface area (Å²) in [6, 6.07) is 4.41. The molecule has 0 aliphatic carbocycles. The van der Waals surface area contributed by atoms with Crippen molar-refractivity contribution in [1.29, 1.82) is 0 Å². The van der Waals surface area contributed by atoms with Gasteiger partial charge in [-0.25, -0.2) is 0 Å². The van der Waals surface area contributed by atoms with Gasteiger partial charge in [0.05, 0.1) is 4.91 Å². The summed E-state index contributed by atoms with van der Waals surface area (Å²) in [4.78, 5) is 14.2. The van der Waals surface area contributed by atoms with Crippen molar-refractivity contribution in [2.45, 2.75) is 13.3 Å². The van der Waals surface area contributed by atoms with Crippen LogP contribution < -0.4 is 0 Å². The molecular formula is C13H13NO3S2. The van der Waals surface area contributed by atoms with E-state index in [2.05, 4.69) is 0 Å². The summed E-state index contributed by atoms with van der Waals surface area (Å²) in [5, 5.41) is 18.7. The number of aromatic hydroxyl groups is 2. The Morgan fingerprint density at radius 2 is 2.11 bits per heavy atom. The van der Waals surface area contributed by atoms with Gasteiger partial charge in [0.1, 0.15) is 4.32 Å². The van der Waals surface area contributed by atoms with Crippen LogP contribution in [0.3, 0.4) is 0 Å². The topological polar surface area (TPSA) is 60.8 Å². The third-order valence-corrected chi connectivity index (χ3v) is 4.00. The van der Waals surface area contributed by atoms with Gasteiger partial charge in [0.2, 0.25) is 0 Å². The fourth-order valence-electron chi connectivity index (χ4n) is 1.70. The lowest BCUT2D eigenvalue weighted by atomic mass is 10.2. The molecule has 0 radical (unpaired) electrons. The van der Waals surface area contributed by atoms with Crippen LogP contribution in [0.1, 0.15) is 18.9 Å². The van der Waals surface area contributed by atoms with Crippen LogP contribution in [-0.4, -0.2) is 31.9 Å². The van der Waals surface area contributed by atoms with Gasteiger partial charge in [-0.15, -0.1) is 0 Å². The second-order valence-corrected chi connectivity index (χ2v) is 5.76. The van der Waals surface area contributed by atoms with Crippen LogP contribution in [0.5, 0.6) is 11.5 Å². The molecule has 2 rings (SSSR count). The van der Waals surface area contributed by atoms with E-state index in [-0.39, 0.29) is 17.4 Å². The highest BCUT2D eigenvalue weighted by molar-refractivity contribution is 8.26. The van der Waals surface area contributed by atoms with E-state index in [0.29, 0.717) is 21.3 Å². The van der Waals surface area contributed by atoms with E-state index in [9.17, 15) is 15.0 Å². The molecule has 0 unspecified atom stereocenters. The van der Waals surface area contributed by atoms with E-state index in [4.69, 9.17) is 12.2 Å². The van der Waals surface area contributed by atoms with Gasteiger partial charge in [-0.05, 0) is 30.2 Å². The minimum absolute atomic E-state index is 0.107. The van der Waals surface area contributed by atoms with Gasteiger partial charge in [-0.2, -0.15) is 0 Å². The summed E-state index contributed by atoms with van der Waals surface area (Å²) in [7, 11) is 0. The molecule has 0 aromatic heterocycles. The third-order valence-electron chi connectivity index (χ3n) is 2.62. The van der Waals surface area contributed by atoms with Crippen molar-refractivity contribution in [3.63, 3.8) is 0 Å². The summed E-state index contributed by atoms with van der Waals surface area (Å²) in [5.41, 5.74) is 0.646. The molecule has 2 N–H and O–H groups in total. The average Bonchev–Trinajstić information content (AvgIpc) is 2.62. The molecule has 1 aromatic rings. The fourth-order valence-corrected chi connectivity index (χ4v) is 3.01. The molecule has 0 bridgehead atoms. The zero-order chi connectivity index (χ0) is 14.0. The van der Waals surface area contributed by atoms with Gasteiger partial charge in [-0.3, -0.25) is 9.69 Å². The minimum atomic E-state index is -0.210. The number of thioether (sulfide) groups is 1. The van der Waals surface area contributed by atoms with Crippen LogP contribution in [0.4, 0.5) is 0 Å². The molecule has 6 heteroatoms. The Hall–Kier alpha value is -1.53. The fraction of sp³-hybridized carbons (Fsp3) is 0.231. The van der Waals surface area contributed by atoms with Crippen LogP contribution in [-0.2, 0) is 4.79 Å². The maximum atomic E-state index is 12.1. The van der Waals surface area contributed by atoms with E-state index < -0.39 is 0 Å². The molecule has 1 aromatic carbocycles. The molecule has 1 amide bonds. The number of carbonyl (C=O) groups is 1. The number of hydrogen-bond acceptors (Lipinski definition) is 5. The Labute approximate surface area is 120 Å². The largest absolute Gasteiger partial charge is 0.504 e. The summed E-state index contributed by atoms with van der Waals surface area (Å²) in [6.45, 7) is 2.60. The predicted molar refractivity (Wildman–Crippen MR) is 79.9 cm³/mol. The number of phenolic OH excluding ortho intramolecular Hbond substituents is 2. The number of nitrogens with zero attached hydrogens (tertiary/aromatic N) is 1. The molecule has 0 atom stereocenters. The quantitative estimate of drug-likeness (QED) is 0.510. The normalized spacial score (nSPS) is 17.5. The summed E-state index contributed by atoms with van der Waals surface area (Å²) < 4.78 is 0.557. The number of hydrogen-bond donors (Lipinski definition) is 2. The molecule has 1 aliphatic rings. The van der Waals surface area contributed by atoms with E-state index >= 15 is 0 Å².